The maximum atomic E-state index is 12.1. The second-order valence-corrected chi connectivity index (χ2v) is 8.23. The zero-order valence-electron chi connectivity index (χ0n) is 16.1. The third-order valence-electron chi connectivity index (χ3n) is 4.83. The fraction of sp³-hybridized carbons (Fsp3) is 0.474. The quantitative estimate of drug-likeness (QED) is 0.419. The number of nitrogens with one attached hydrogen (secondary N) is 1. The lowest BCUT2D eigenvalue weighted by atomic mass is 10.0. The van der Waals surface area contributed by atoms with E-state index in [0.717, 1.165) is 37.3 Å². The van der Waals surface area contributed by atoms with Gasteiger partial charge in [0.25, 0.3) is 0 Å². The Morgan fingerprint density at radius 2 is 2.04 bits per heavy atom. The number of carbonyl (C=O) groups is 1. The van der Waals surface area contributed by atoms with Crippen LogP contribution in [0.25, 0.3) is 0 Å². The van der Waals surface area contributed by atoms with E-state index < -0.39 is 0 Å². The molecule has 0 atom stereocenters. The van der Waals surface area contributed by atoms with E-state index >= 15 is 0 Å². The van der Waals surface area contributed by atoms with E-state index in [1.807, 2.05) is 19.2 Å². The highest BCUT2D eigenvalue weighted by atomic mass is 35.5. The number of nitrogens with zero attached hydrogens (tertiary/aromatic N) is 5. The van der Waals surface area contributed by atoms with Crippen molar-refractivity contribution in [2.75, 3.05) is 37.8 Å². The van der Waals surface area contributed by atoms with Gasteiger partial charge in [0.05, 0.1) is 5.75 Å². The Hall–Kier alpha value is -1.90. The number of anilines is 1. The molecule has 7 nitrogen and oxygen atoms in total. The van der Waals surface area contributed by atoms with E-state index in [-0.39, 0.29) is 11.7 Å². The van der Waals surface area contributed by atoms with Crippen molar-refractivity contribution in [2.24, 2.45) is 0 Å². The number of likely N-dealkylation sites (tertiary alicyclic amines) is 1. The normalized spacial score (nSPS) is 15.4. The minimum absolute atomic E-state index is 0.0735. The van der Waals surface area contributed by atoms with Crippen molar-refractivity contribution >= 4 is 35.1 Å². The summed E-state index contributed by atoms with van der Waals surface area (Å²) in [7, 11) is 4.19. The largest absolute Gasteiger partial charge is 0.356 e. The third kappa shape index (κ3) is 6.05. The Labute approximate surface area is 174 Å². The first-order valence-corrected chi connectivity index (χ1v) is 10.6. The summed E-state index contributed by atoms with van der Waals surface area (Å²) in [5.41, 5.74) is 1.01. The Morgan fingerprint density at radius 1 is 1.32 bits per heavy atom. The lowest BCUT2D eigenvalue weighted by Gasteiger charge is -2.35. The summed E-state index contributed by atoms with van der Waals surface area (Å²) in [4.78, 5) is 29.5. The topological polar surface area (TPSA) is 74.2 Å². The van der Waals surface area contributed by atoms with Gasteiger partial charge in [0.2, 0.25) is 5.91 Å². The minimum Gasteiger partial charge on any atom is -0.356 e. The van der Waals surface area contributed by atoms with Gasteiger partial charge in [-0.25, -0.2) is 9.97 Å². The van der Waals surface area contributed by atoms with Crippen LogP contribution >= 0.6 is 23.4 Å². The molecule has 1 saturated heterocycles. The predicted molar refractivity (Wildman–Crippen MR) is 113 cm³/mol. The van der Waals surface area contributed by atoms with Crippen molar-refractivity contribution in [3.63, 3.8) is 0 Å². The van der Waals surface area contributed by atoms with Crippen molar-refractivity contribution < 1.29 is 4.79 Å². The molecule has 1 N–H and O–H groups in total. The van der Waals surface area contributed by atoms with Gasteiger partial charge in [0.1, 0.15) is 11.0 Å². The highest BCUT2D eigenvalue weighted by Gasteiger charge is 2.22. The number of amides is 1. The van der Waals surface area contributed by atoms with Gasteiger partial charge < -0.3 is 15.1 Å². The number of carbonyl (C=O) groups excluding carboxylic acids is 1. The number of rotatable bonds is 7. The van der Waals surface area contributed by atoms with Crippen LogP contribution in [0.1, 0.15) is 18.4 Å². The predicted octanol–water partition coefficient (Wildman–Crippen LogP) is 2.46. The molecule has 9 heteroatoms. The molecule has 1 amide bonds. The first kappa shape index (κ1) is 20.8. The number of hydrogen-bond donors (Lipinski definition) is 1. The summed E-state index contributed by atoms with van der Waals surface area (Å²) in [6.07, 6.45) is 5.60. The molecule has 3 heterocycles. The van der Waals surface area contributed by atoms with Gasteiger partial charge in [0, 0.05) is 38.1 Å². The van der Waals surface area contributed by atoms with Crippen LogP contribution in [0.3, 0.4) is 0 Å². The molecular formula is C19H25ClN6OS. The van der Waals surface area contributed by atoms with Crippen LogP contribution < -0.4 is 10.2 Å². The standard InChI is InChI=1S/C19H25ClN6OS/c1-25-9-5-15(6-10-25)26(2)17-11-16(20)23-19(24-17)28-13-18(27)22-12-14-3-7-21-8-4-14/h3-4,7-8,11,15H,5-6,9-10,12-13H2,1-2H3,(H,22,27). The van der Waals surface area contributed by atoms with Crippen LogP contribution in [0.15, 0.2) is 35.7 Å². The Balaban J connectivity index is 1.54. The monoisotopic (exact) mass is 420 g/mol. The summed E-state index contributed by atoms with van der Waals surface area (Å²) in [5, 5.41) is 3.79. The summed E-state index contributed by atoms with van der Waals surface area (Å²) < 4.78 is 0. The van der Waals surface area contributed by atoms with E-state index in [4.69, 9.17) is 11.6 Å². The Bertz CT molecular complexity index is 785. The molecule has 0 aliphatic carbocycles. The van der Waals surface area contributed by atoms with E-state index in [1.54, 1.807) is 18.5 Å². The van der Waals surface area contributed by atoms with Crippen molar-refractivity contribution in [1.29, 1.82) is 0 Å². The molecule has 2 aromatic rings. The SMILES string of the molecule is CN1CCC(N(C)c2cc(Cl)nc(SCC(=O)NCc3ccncc3)n2)CC1. The van der Waals surface area contributed by atoms with Gasteiger partial charge >= 0.3 is 0 Å². The van der Waals surface area contributed by atoms with Gasteiger partial charge in [-0.3, -0.25) is 9.78 Å². The Kier molecular flexibility index (Phi) is 7.47. The maximum absolute atomic E-state index is 12.1. The van der Waals surface area contributed by atoms with Crippen LogP contribution in [0, 0.1) is 0 Å². The molecule has 2 aromatic heterocycles. The smallest absolute Gasteiger partial charge is 0.230 e. The van der Waals surface area contributed by atoms with Crippen LogP contribution in [0.5, 0.6) is 0 Å². The molecule has 0 radical (unpaired) electrons. The van der Waals surface area contributed by atoms with Crippen molar-refractivity contribution in [3.8, 4) is 0 Å². The maximum Gasteiger partial charge on any atom is 0.230 e. The number of piperidine rings is 1. The highest BCUT2D eigenvalue weighted by Crippen LogP contribution is 2.25. The molecular weight excluding hydrogens is 396 g/mol. The fourth-order valence-electron chi connectivity index (χ4n) is 3.08. The first-order chi connectivity index (χ1) is 13.5. The van der Waals surface area contributed by atoms with Gasteiger partial charge in [-0.2, -0.15) is 0 Å². The zero-order valence-corrected chi connectivity index (χ0v) is 17.7. The number of halogens is 1. The van der Waals surface area contributed by atoms with E-state index in [2.05, 4.69) is 37.1 Å². The second kappa shape index (κ2) is 10.0. The average molecular weight is 421 g/mol. The molecule has 28 heavy (non-hydrogen) atoms. The molecule has 1 aliphatic rings. The molecule has 0 saturated carbocycles. The molecule has 0 spiro atoms. The van der Waals surface area contributed by atoms with Crippen molar-refractivity contribution in [2.45, 2.75) is 30.6 Å². The summed E-state index contributed by atoms with van der Waals surface area (Å²) >= 11 is 7.50. The van der Waals surface area contributed by atoms with Crippen LogP contribution in [0.2, 0.25) is 5.15 Å². The van der Waals surface area contributed by atoms with Gasteiger partial charge in [-0.15, -0.1) is 0 Å². The summed E-state index contributed by atoms with van der Waals surface area (Å²) in [6, 6.07) is 5.97. The molecule has 150 valence electrons. The number of aromatic nitrogens is 3. The summed E-state index contributed by atoms with van der Waals surface area (Å²) in [5.74, 6) is 0.966. The van der Waals surface area contributed by atoms with Crippen LogP contribution in [-0.4, -0.2) is 64.7 Å². The number of hydrogen-bond acceptors (Lipinski definition) is 7. The van der Waals surface area contributed by atoms with Gasteiger partial charge in [-0.05, 0) is 50.7 Å². The molecule has 1 aliphatic heterocycles. The van der Waals surface area contributed by atoms with Crippen molar-refractivity contribution in [1.82, 2.24) is 25.2 Å². The van der Waals surface area contributed by atoms with Crippen LogP contribution in [-0.2, 0) is 11.3 Å². The third-order valence-corrected chi connectivity index (χ3v) is 5.87. The summed E-state index contributed by atoms with van der Waals surface area (Å²) in [6.45, 7) is 2.63. The molecule has 3 rings (SSSR count). The van der Waals surface area contributed by atoms with E-state index in [0.29, 0.717) is 22.9 Å². The number of thioether (sulfide) groups is 1. The lowest BCUT2D eigenvalue weighted by molar-refractivity contribution is -0.118. The molecule has 1 fully saturated rings. The average Bonchev–Trinajstić information content (AvgIpc) is 2.71. The Morgan fingerprint density at radius 3 is 2.75 bits per heavy atom. The molecule has 0 bridgehead atoms. The minimum atomic E-state index is -0.0735. The molecule has 0 unspecified atom stereocenters. The zero-order chi connectivity index (χ0) is 19.9. The van der Waals surface area contributed by atoms with E-state index in [1.165, 1.54) is 11.8 Å². The van der Waals surface area contributed by atoms with Crippen LogP contribution in [0.4, 0.5) is 5.82 Å². The van der Waals surface area contributed by atoms with Crippen molar-refractivity contribution in [3.05, 3.63) is 41.3 Å². The van der Waals surface area contributed by atoms with Gasteiger partial charge in [0.15, 0.2) is 5.16 Å². The number of pyridine rings is 1. The first-order valence-electron chi connectivity index (χ1n) is 9.25. The highest BCUT2D eigenvalue weighted by molar-refractivity contribution is 7.99. The molecule has 0 aromatic carbocycles. The second-order valence-electron chi connectivity index (χ2n) is 6.90. The lowest BCUT2D eigenvalue weighted by Crippen LogP contribution is -2.42. The van der Waals surface area contributed by atoms with E-state index in [9.17, 15) is 4.79 Å². The van der Waals surface area contributed by atoms with Gasteiger partial charge in [-0.1, -0.05) is 23.4 Å². The fourth-order valence-corrected chi connectivity index (χ4v) is 3.99.